The molecule has 0 N–H and O–H groups in total. The monoisotopic (exact) mass is 169 g/mol. The summed E-state index contributed by atoms with van der Waals surface area (Å²) >= 11 is 0. The number of rotatable bonds is 2. The lowest BCUT2D eigenvalue weighted by atomic mass is 10.1. The first kappa shape index (κ1) is 11.0. The van der Waals surface area contributed by atoms with Crippen LogP contribution in [-0.4, -0.2) is 17.2 Å². The van der Waals surface area contributed by atoms with E-state index in [1.54, 1.807) is 13.8 Å². The molecular formula is C9H13O3. The molecule has 0 bridgehead atoms. The number of esters is 1. The van der Waals surface area contributed by atoms with Gasteiger partial charge in [0.15, 0.2) is 11.2 Å². The molecule has 0 aliphatic rings. The van der Waals surface area contributed by atoms with E-state index in [4.69, 9.17) is 11.2 Å². The van der Waals surface area contributed by atoms with Crippen LogP contribution < -0.4 is 0 Å². The minimum atomic E-state index is -1.74. The highest BCUT2D eigenvalue weighted by Crippen LogP contribution is 2.13. The van der Waals surface area contributed by atoms with E-state index in [9.17, 15) is 9.90 Å². The quantitative estimate of drug-likeness (QED) is 0.460. The van der Waals surface area contributed by atoms with Crippen molar-refractivity contribution >= 4 is 5.97 Å². The summed E-state index contributed by atoms with van der Waals surface area (Å²) in [5, 5.41) is 11.1. The molecule has 12 heavy (non-hydrogen) atoms. The summed E-state index contributed by atoms with van der Waals surface area (Å²) in [5.41, 5.74) is -2.74. The molecule has 0 aromatic carbocycles. The number of ether oxygens (including phenoxy) is 1. The van der Waals surface area contributed by atoms with Crippen molar-refractivity contribution in [1.29, 1.82) is 0 Å². The molecule has 3 nitrogen and oxygen atoms in total. The van der Waals surface area contributed by atoms with E-state index in [-0.39, 0.29) is 0 Å². The van der Waals surface area contributed by atoms with Gasteiger partial charge in [0.25, 0.3) is 0 Å². The molecule has 0 aliphatic carbocycles. The fourth-order valence-corrected chi connectivity index (χ4v) is 0.384. The Bertz CT molecular complexity index is 215. The van der Waals surface area contributed by atoms with Gasteiger partial charge in [-0.2, -0.15) is 0 Å². The lowest BCUT2D eigenvalue weighted by molar-refractivity contribution is -0.176. The second-order valence-corrected chi connectivity index (χ2v) is 3.55. The number of hydrogen-bond acceptors (Lipinski definition) is 2. The average Bonchev–Trinajstić information content (AvgIpc) is 1.85. The minimum absolute atomic E-state index is 0.828. The predicted octanol–water partition coefficient (Wildman–Crippen LogP) is 1.15. The number of hydrogen-bond donors (Lipinski definition) is 0. The minimum Gasteiger partial charge on any atom is -0.444 e. The number of terminal acetylenes is 1. The molecule has 67 valence electrons. The van der Waals surface area contributed by atoms with E-state index in [1.165, 1.54) is 13.8 Å². The van der Waals surface area contributed by atoms with E-state index in [0.717, 1.165) is 0 Å². The number of carbonyl (C=O) groups is 1. The van der Waals surface area contributed by atoms with Crippen LogP contribution in [0.25, 0.3) is 0 Å². The van der Waals surface area contributed by atoms with Crippen LogP contribution in [0.1, 0.15) is 27.7 Å². The molecule has 0 aromatic heterocycles. The Morgan fingerprint density at radius 2 is 1.75 bits per heavy atom. The zero-order chi connectivity index (χ0) is 9.99. The highest BCUT2D eigenvalue weighted by atomic mass is 16.6. The fourth-order valence-electron chi connectivity index (χ4n) is 0.384. The standard InChI is InChI=1S/C9H13O3/c1-6-8(2,3)12-7(10)9(4,5)11/h1H,2-5H3. The van der Waals surface area contributed by atoms with Crippen molar-refractivity contribution in [3.8, 4) is 12.3 Å². The van der Waals surface area contributed by atoms with Gasteiger partial charge in [0, 0.05) is 0 Å². The Morgan fingerprint density at radius 1 is 1.33 bits per heavy atom. The lowest BCUT2D eigenvalue weighted by Gasteiger charge is -2.22. The Balaban J connectivity index is 4.33. The second-order valence-electron chi connectivity index (χ2n) is 3.55. The molecular weight excluding hydrogens is 156 g/mol. The topological polar surface area (TPSA) is 46.2 Å². The molecule has 0 aliphatic heterocycles. The number of carbonyl (C=O) groups excluding carboxylic acids is 1. The summed E-state index contributed by atoms with van der Waals surface area (Å²) in [6, 6.07) is 0. The lowest BCUT2D eigenvalue weighted by Crippen LogP contribution is -2.38. The van der Waals surface area contributed by atoms with Crippen molar-refractivity contribution in [2.24, 2.45) is 0 Å². The van der Waals surface area contributed by atoms with Gasteiger partial charge >= 0.3 is 5.97 Å². The third kappa shape index (κ3) is 3.40. The third-order valence-corrected chi connectivity index (χ3v) is 1.19. The van der Waals surface area contributed by atoms with Crippen molar-refractivity contribution in [2.45, 2.75) is 38.9 Å². The smallest absolute Gasteiger partial charge is 0.342 e. The molecule has 0 spiro atoms. The zero-order valence-electron chi connectivity index (χ0n) is 7.80. The van der Waals surface area contributed by atoms with Gasteiger partial charge in [0.05, 0.1) is 0 Å². The van der Waals surface area contributed by atoms with Crippen LogP contribution in [0.5, 0.6) is 0 Å². The Hall–Kier alpha value is -1.01. The molecule has 0 aromatic rings. The Labute approximate surface area is 72.7 Å². The maximum atomic E-state index is 11.1. The van der Waals surface area contributed by atoms with E-state index >= 15 is 0 Å². The van der Waals surface area contributed by atoms with Crippen molar-refractivity contribution < 1.29 is 14.6 Å². The van der Waals surface area contributed by atoms with Gasteiger partial charge in [-0.3, -0.25) is 0 Å². The van der Waals surface area contributed by atoms with E-state index in [1.807, 2.05) is 0 Å². The SMILES string of the molecule is C#CC(C)(C)OC(=O)C(C)(C)[O]. The van der Waals surface area contributed by atoms with Crippen LogP contribution in [0.15, 0.2) is 0 Å². The molecule has 0 fully saturated rings. The van der Waals surface area contributed by atoms with Gasteiger partial charge in [-0.05, 0) is 27.7 Å². The summed E-state index contributed by atoms with van der Waals surface area (Å²) in [4.78, 5) is 11.0. The van der Waals surface area contributed by atoms with E-state index < -0.39 is 17.2 Å². The normalized spacial score (nSPS) is 12.0. The highest BCUT2D eigenvalue weighted by molar-refractivity contribution is 5.78. The van der Waals surface area contributed by atoms with Crippen molar-refractivity contribution in [1.82, 2.24) is 0 Å². The maximum absolute atomic E-state index is 11.1. The summed E-state index contributed by atoms with van der Waals surface area (Å²) < 4.78 is 4.76. The first-order valence-corrected chi connectivity index (χ1v) is 3.61. The predicted molar refractivity (Wildman–Crippen MR) is 43.8 cm³/mol. The molecule has 0 amide bonds. The molecule has 0 rings (SSSR count). The Kier molecular flexibility index (Phi) is 2.89. The van der Waals surface area contributed by atoms with Crippen LogP contribution in [0, 0.1) is 12.3 Å². The van der Waals surface area contributed by atoms with Crippen molar-refractivity contribution in [3.05, 3.63) is 0 Å². The maximum Gasteiger partial charge on any atom is 0.342 e. The van der Waals surface area contributed by atoms with E-state index in [0.29, 0.717) is 0 Å². The fraction of sp³-hybridized carbons (Fsp3) is 0.667. The van der Waals surface area contributed by atoms with Gasteiger partial charge in [-0.15, -0.1) is 6.42 Å². The van der Waals surface area contributed by atoms with Crippen LogP contribution >= 0.6 is 0 Å². The largest absolute Gasteiger partial charge is 0.444 e. The van der Waals surface area contributed by atoms with Gasteiger partial charge in [-0.1, -0.05) is 5.92 Å². The second kappa shape index (κ2) is 3.16. The van der Waals surface area contributed by atoms with Crippen LogP contribution in [0.2, 0.25) is 0 Å². The molecule has 0 unspecified atom stereocenters. The van der Waals surface area contributed by atoms with Crippen molar-refractivity contribution in [3.63, 3.8) is 0 Å². The first-order chi connectivity index (χ1) is 5.19. The van der Waals surface area contributed by atoms with Gasteiger partial charge in [0.1, 0.15) is 0 Å². The van der Waals surface area contributed by atoms with Gasteiger partial charge in [-0.25, -0.2) is 9.90 Å². The molecule has 0 atom stereocenters. The molecule has 1 radical (unpaired) electrons. The van der Waals surface area contributed by atoms with Crippen LogP contribution in [-0.2, 0) is 14.6 Å². The van der Waals surface area contributed by atoms with E-state index in [2.05, 4.69) is 5.92 Å². The summed E-state index contributed by atoms with van der Waals surface area (Å²) in [6.45, 7) is 5.58. The van der Waals surface area contributed by atoms with Gasteiger partial charge in [0.2, 0.25) is 0 Å². The third-order valence-electron chi connectivity index (χ3n) is 1.19. The molecule has 0 saturated carbocycles. The van der Waals surface area contributed by atoms with Crippen LogP contribution in [0.4, 0.5) is 0 Å². The molecule has 3 heteroatoms. The molecule has 0 saturated heterocycles. The summed E-state index contributed by atoms with van der Waals surface area (Å²) in [5.74, 6) is 1.43. The zero-order valence-corrected chi connectivity index (χ0v) is 7.80. The summed E-state index contributed by atoms with van der Waals surface area (Å²) in [6.07, 6.45) is 5.07. The van der Waals surface area contributed by atoms with Crippen LogP contribution in [0.3, 0.4) is 0 Å². The summed E-state index contributed by atoms with van der Waals surface area (Å²) in [7, 11) is 0. The molecule has 0 heterocycles. The highest BCUT2D eigenvalue weighted by Gasteiger charge is 2.32. The van der Waals surface area contributed by atoms with Gasteiger partial charge < -0.3 is 4.74 Å². The van der Waals surface area contributed by atoms with Crippen molar-refractivity contribution in [2.75, 3.05) is 0 Å². The average molecular weight is 169 g/mol. The Morgan fingerprint density at radius 3 is 2.00 bits per heavy atom. The first-order valence-electron chi connectivity index (χ1n) is 3.61.